The molecular weight excluding hydrogens is 272 g/mol. The van der Waals surface area contributed by atoms with Crippen LogP contribution < -0.4 is 14.5 Å². The molecule has 1 aliphatic heterocycles. The molecule has 0 amide bonds. The molecule has 2 aromatic rings. The van der Waals surface area contributed by atoms with Gasteiger partial charge >= 0.3 is 0 Å². The Morgan fingerprint density at radius 1 is 0.818 bits per heavy atom. The molecule has 0 spiro atoms. The highest BCUT2D eigenvalue weighted by atomic mass is 16.5. The SMILES string of the molecule is CCc1ccccc1N1CCN(c2ccccc2OC)CC1. The van der Waals surface area contributed by atoms with Gasteiger partial charge in [-0.1, -0.05) is 37.3 Å². The number of para-hydroxylation sites is 3. The molecule has 0 N–H and O–H groups in total. The fourth-order valence-corrected chi connectivity index (χ4v) is 3.20. The van der Waals surface area contributed by atoms with Crippen LogP contribution in [0.4, 0.5) is 11.4 Å². The predicted octanol–water partition coefficient (Wildman–Crippen LogP) is 3.58. The van der Waals surface area contributed by atoms with E-state index in [1.54, 1.807) is 7.11 Å². The van der Waals surface area contributed by atoms with Crippen molar-refractivity contribution >= 4 is 11.4 Å². The van der Waals surface area contributed by atoms with Crippen molar-refractivity contribution in [3.8, 4) is 5.75 Å². The second-order valence-corrected chi connectivity index (χ2v) is 5.63. The molecule has 22 heavy (non-hydrogen) atoms. The van der Waals surface area contributed by atoms with Crippen molar-refractivity contribution in [1.82, 2.24) is 0 Å². The van der Waals surface area contributed by atoms with Gasteiger partial charge in [-0.2, -0.15) is 0 Å². The molecule has 0 aromatic heterocycles. The lowest BCUT2D eigenvalue weighted by Crippen LogP contribution is -2.46. The molecule has 1 aliphatic rings. The minimum atomic E-state index is 0.963. The number of aryl methyl sites for hydroxylation is 1. The topological polar surface area (TPSA) is 15.7 Å². The van der Waals surface area contributed by atoms with Gasteiger partial charge in [0.25, 0.3) is 0 Å². The van der Waals surface area contributed by atoms with Gasteiger partial charge in [0.1, 0.15) is 5.75 Å². The first kappa shape index (κ1) is 14.8. The van der Waals surface area contributed by atoms with Gasteiger partial charge in [-0.05, 0) is 30.2 Å². The Bertz CT molecular complexity index is 563. The molecule has 1 fully saturated rings. The minimum absolute atomic E-state index is 0.963. The number of hydrogen-bond donors (Lipinski definition) is 0. The Balaban J connectivity index is 1.73. The summed E-state index contributed by atoms with van der Waals surface area (Å²) >= 11 is 0. The fraction of sp³-hybridized carbons (Fsp3) is 0.368. The molecule has 2 aromatic carbocycles. The molecule has 0 bridgehead atoms. The molecule has 0 radical (unpaired) electrons. The standard InChI is InChI=1S/C19H24N2O/c1-3-16-8-4-5-9-17(16)20-12-14-21(15-13-20)18-10-6-7-11-19(18)22-2/h4-11H,3,12-15H2,1-2H3. The van der Waals surface area contributed by atoms with Crippen molar-refractivity contribution in [1.29, 1.82) is 0 Å². The van der Waals surface area contributed by atoms with Crippen molar-refractivity contribution in [2.45, 2.75) is 13.3 Å². The lowest BCUT2D eigenvalue weighted by molar-refractivity contribution is 0.413. The smallest absolute Gasteiger partial charge is 0.142 e. The van der Waals surface area contributed by atoms with E-state index in [4.69, 9.17) is 4.74 Å². The second kappa shape index (κ2) is 6.73. The van der Waals surface area contributed by atoms with Crippen LogP contribution in [0.15, 0.2) is 48.5 Å². The average molecular weight is 296 g/mol. The summed E-state index contributed by atoms with van der Waals surface area (Å²) in [5, 5.41) is 0. The lowest BCUT2D eigenvalue weighted by atomic mass is 10.1. The van der Waals surface area contributed by atoms with Gasteiger partial charge in [-0.3, -0.25) is 0 Å². The first-order chi connectivity index (χ1) is 10.8. The Kier molecular flexibility index (Phi) is 4.52. The van der Waals surface area contributed by atoms with Crippen molar-refractivity contribution in [2.24, 2.45) is 0 Å². The molecule has 3 heteroatoms. The molecule has 1 heterocycles. The molecule has 0 unspecified atom stereocenters. The maximum atomic E-state index is 5.49. The van der Waals surface area contributed by atoms with Gasteiger partial charge in [0.05, 0.1) is 12.8 Å². The number of benzene rings is 2. The zero-order valence-electron chi connectivity index (χ0n) is 13.5. The van der Waals surface area contributed by atoms with Crippen molar-refractivity contribution in [3.05, 3.63) is 54.1 Å². The molecular formula is C19H24N2O. The second-order valence-electron chi connectivity index (χ2n) is 5.63. The highest BCUT2D eigenvalue weighted by molar-refractivity contribution is 5.60. The van der Waals surface area contributed by atoms with Gasteiger partial charge in [0.15, 0.2) is 0 Å². The zero-order chi connectivity index (χ0) is 15.4. The average Bonchev–Trinajstić information content (AvgIpc) is 2.62. The molecule has 0 aliphatic carbocycles. The highest BCUT2D eigenvalue weighted by Gasteiger charge is 2.20. The molecule has 0 atom stereocenters. The van der Waals surface area contributed by atoms with E-state index in [0.717, 1.165) is 38.3 Å². The van der Waals surface area contributed by atoms with E-state index in [1.165, 1.54) is 16.9 Å². The number of nitrogens with zero attached hydrogens (tertiary/aromatic N) is 2. The number of ether oxygens (including phenoxy) is 1. The van der Waals surface area contributed by atoms with Crippen LogP contribution in [0.3, 0.4) is 0 Å². The largest absolute Gasteiger partial charge is 0.495 e. The van der Waals surface area contributed by atoms with Crippen LogP contribution in [0.1, 0.15) is 12.5 Å². The zero-order valence-corrected chi connectivity index (χ0v) is 13.5. The van der Waals surface area contributed by atoms with Crippen molar-refractivity contribution in [2.75, 3.05) is 43.1 Å². The monoisotopic (exact) mass is 296 g/mol. The van der Waals surface area contributed by atoms with E-state index in [0.29, 0.717) is 0 Å². The number of rotatable bonds is 4. The number of methoxy groups -OCH3 is 1. The van der Waals surface area contributed by atoms with Gasteiger partial charge in [-0.15, -0.1) is 0 Å². The van der Waals surface area contributed by atoms with Crippen LogP contribution in [-0.2, 0) is 6.42 Å². The van der Waals surface area contributed by atoms with Crippen LogP contribution in [0.25, 0.3) is 0 Å². The Hall–Kier alpha value is -2.16. The molecule has 1 saturated heterocycles. The van der Waals surface area contributed by atoms with E-state index in [1.807, 2.05) is 12.1 Å². The van der Waals surface area contributed by atoms with E-state index < -0.39 is 0 Å². The van der Waals surface area contributed by atoms with Crippen molar-refractivity contribution in [3.63, 3.8) is 0 Å². The lowest BCUT2D eigenvalue weighted by Gasteiger charge is -2.38. The number of anilines is 2. The number of hydrogen-bond acceptors (Lipinski definition) is 3. The quantitative estimate of drug-likeness (QED) is 0.857. The third-order valence-corrected chi connectivity index (χ3v) is 4.42. The van der Waals surface area contributed by atoms with Crippen LogP contribution in [-0.4, -0.2) is 33.3 Å². The summed E-state index contributed by atoms with van der Waals surface area (Å²) in [6, 6.07) is 17.0. The third kappa shape index (κ3) is 2.89. The molecule has 0 saturated carbocycles. The Labute approximate surface area is 133 Å². The van der Waals surface area contributed by atoms with Gasteiger partial charge in [0.2, 0.25) is 0 Å². The summed E-state index contributed by atoms with van der Waals surface area (Å²) in [6.07, 6.45) is 1.09. The first-order valence-corrected chi connectivity index (χ1v) is 8.04. The van der Waals surface area contributed by atoms with Gasteiger partial charge < -0.3 is 14.5 Å². The summed E-state index contributed by atoms with van der Waals surface area (Å²) in [5.41, 5.74) is 4.03. The first-order valence-electron chi connectivity index (χ1n) is 8.04. The highest BCUT2D eigenvalue weighted by Crippen LogP contribution is 2.30. The third-order valence-electron chi connectivity index (χ3n) is 4.42. The molecule has 116 valence electrons. The van der Waals surface area contributed by atoms with Crippen LogP contribution >= 0.6 is 0 Å². The minimum Gasteiger partial charge on any atom is -0.495 e. The summed E-state index contributed by atoms with van der Waals surface area (Å²) in [6.45, 7) is 6.38. The maximum Gasteiger partial charge on any atom is 0.142 e. The van der Waals surface area contributed by atoms with E-state index >= 15 is 0 Å². The van der Waals surface area contributed by atoms with Crippen LogP contribution in [0.2, 0.25) is 0 Å². The Morgan fingerprint density at radius 2 is 1.36 bits per heavy atom. The molecule has 3 nitrogen and oxygen atoms in total. The summed E-state index contributed by atoms with van der Waals surface area (Å²) in [4.78, 5) is 4.93. The normalized spacial score (nSPS) is 15.0. The van der Waals surface area contributed by atoms with Gasteiger partial charge in [0, 0.05) is 31.9 Å². The maximum absolute atomic E-state index is 5.49. The fourth-order valence-electron chi connectivity index (χ4n) is 3.20. The van der Waals surface area contributed by atoms with Crippen molar-refractivity contribution < 1.29 is 4.74 Å². The van der Waals surface area contributed by atoms with Gasteiger partial charge in [-0.25, -0.2) is 0 Å². The summed E-state index contributed by atoms with van der Waals surface area (Å²) in [7, 11) is 1.74. The van der Waals surface area contributed by atoms with E-state index in [9.17, 15) is 0 Å². The summed E-state index contributed by atoms with van der Waals surface area (Å²) < 4.78 is 5.49. The van der Waals surface area contributed by atoms with E-state index in [2.05, 4.69) is 53.1 Å². The number of piperazine rings is 1. The van der Waals surface area contributed by atoms with Crippen LogP contribution in [0, 0.1) is 0 Å². The van der Waals surface area contributed by atoms with E-state index in [-0.39, 0.29) is 0 Å². The molecule has 3 rings (SSSR count). The predicted molar refractivity (Wildman–Crippen MR) is 93.2 cm³/mol. The van der Waals surface area contributed by atoms with Crippen LogP contribution in [0.5, 0.6) is 5.75 Å². The Morgan fingerprint density at radius 3 is 2.00 bits per heavy atom. The summed E-state index contributed by atoms with van der Waals surface area (Å²) in [5.74, 6) is 0.963.